The number of ether oxygens (including phenoxy) is 1. The van der Waals surface area contributed by atoms with Crippen LogP contribution in [0.3, 0.4) is 0 Å². The molecule has 0 atom stereocenters. The van der Waals surface area contributed by atoms with Gasteiger partial charge in [0.15, 0.2) is 12.2 Å². The summed E-state index contributed by atoms with van der Waals surface area (Å²) in [6.07, 6.45) is 0.902. The predicted octanol–water partition coefficient (Wildman–Crippen LogP) is 2.70. The van der Waals surface area contributed by atoms with Gasteiger partial charge >= 0.3 is 5.76 Å². The van der Waals surface area contributed by atoms with Crippen molar-refractivity contribution in [3.05, 3.63) is 58.6 Å². The molecule has 3 rings (SSSR count). The van der Waals surface area contributed by atoms with E-state index in [1.807, 2.05) is 18.2 Å². The zero-order chi connectivity index (χ0) is 16.2. The van der Waals surface area contributed by atoms with E-state index in [4.69, 9.17) is 9.15 Å². The number of benzene rings is 2. The third kappa shape index (κ3) is 3.42. The van der Waals surface area contributed by atoms with E-state index in [0.29, 0.717) is 22.5 Å². The van der Waals surface area contributed by atoms with Gasteiger partial charge in [0, 0.05) is 0 Å². The van der Waals surface area contributed by atoms with Crippen LogP contribution in [-0.2, 0) is 11.2 Å². The predicted molar refractivity (Wildman–Crippen MR) is 86.8 cm³/mol. The van der Waals surface area contributed by atoms with Crippen molar-refractivity contribution in [3.63, 3.8) is 0 Å². The molecule has 2 N–H and O–H groups in total. The van der Waals surface area contributed by atoms with Gasteiger partial charge in [-0.3, -0.25) is 9.78 Å². The fraction of sp³-hybridized carbons (Fsp3) is 0.176. The average molecular weight is 312 g/mol. The number of hydrogen-bond donors (Lipinski definition) is 2. The largest absolute Gasteiger partial charge is 0.484 e. The maximum atomic E-state index is 12.0. The Hall–Kier alpha value is -3.02. The van der Waals surface area contributed by atoms with Crippen molar-refractivity contribution >= 4 is 22.7 Å². The molecule has 0 aliphatic rings. The van der Waals surface area contributed by atoms with Crippen molar-refractivity contribution in [2.24, 2.45) is 0 Å². The summed E-state index contributed by atoms with van der Waals surface area (Å²) in [4.78, 5) is 25.8. The number of aryl methyl sites for hydroxylation is 1. The number of oxazole rings is 1. The molecule has 1 amide bonds. The fourth-order valence-electron chi connectivity index (χ4n) is 2.27. The minimum atomic E-state index is -0.561. The van der Waals surface area contributed by atoms with E-state index in [9.17, 15) is 9.59 Å². The molecule has 1 heterocycles. The lowest BCUT2D eigenvalue weighted by atomic mass is 10.2. The Kier molecular flexibility index (Phi) is 4.14. The molecular weight excluding hydrogens is 296 g/mol. The Bertz CT molecular complexity index is 895. The molecule has 0 spiro atoms. The van der Waals surface area contributed by atoms with E-state index in [2.05, 4.69) is 17.2 Å². The molecule has 6 nitrogen and oxygen atoms in total. The summed E-state index contributed by atoms with van der Waals surface area (Å²) in [5.74, 6) is -0.231. The molecule has 1 aromatic heterocycles. The second-order valence-electron chi connectivity index (χ2n) is 5.03. The summed E-state index contributed by atoms with van der Waals surface area (Å²) in [7, 11) is 0. The molecule has 0 saturated heterocycles. The second-order valence-corrected chi connectivity index (χ2v) is 5.03. The van der Waals surface area contributed by atoms with E-state index in [1.54, 1.807) is 24.3 Å². The van der Waals surface area contributed by atoms with E-state index >= 15 is 0 Å². The third-order valence-electron chi connectivity index (χ3n) is 3.41. The Morgan fingerprint density at radius 2 is 2.09 bits per heavy atom. The summed E-state index contributed by atoms with van der Waals surface area (Å²) in [5.41, 5.74) is 2.47. The van der Waals surface area contributed by atoms with E-state index in [-0.39, 0.29) is 12.5 Å². The number of fused-ring (bicyclic) bond motifs is 1. The van der Waals surface area contributed by atoms with Crippen LogP contribution < -0.4 is 15.8 Å². The first-order valence-corrected chi connectivity index (χ1v) is 7.29. The summed E-state index contributed by atoms with van der Waals surface area (Å²) in [5, 5.41) is 2.70. The number of carbonyl (C=O) groups is 1. The summed E-state index contributed by atoms with van der Waals surface area (Å²) < 4.78 is 10.4. The van der Waals surface area contributed by atoms with Crippen LogP contribution in [0, 0.1) is 0 Å². The zero-order valence-electron chi connectivity index (χ0n) is 12.6. The van der Waals surface area contributed by atoms with Crippen molar-refractivity contribution in [3.8, 4) is 5.75 Å². The smallest absolute Gasteiger partial charge is 0.417 e. The molecule has 0 saturated carbocycles. The van der Waals surface area contributed by atoms with Crippen molar-refractivity contribution < 1.29 is 13.9 Å². The van der Waals surface area contributed by atoms with Crippen molar-refractivity contribution in [1.29, 1.82) is 0 Å². The van der Waals surface area contributed by atoms with Crippen LogP contribution in [0.5, 0.6) is 5.75 Å². The molecule has 0 radical (unpaired) electrons. The lowest BCUT2D eigenvalue weighted by Gasteiger charge is -2.08. The van der Waals surface area contributed by atoms with Gasteiger partial charge in [-0.25, -0.2) is 4.79 Å². The highest BCUT2D eigenvalue weighted by atomic mass is 16.5. The maximum Gasteiger partial charge on any atom is 0.417 e. The minimum Gasteiger partial charge on any atom is -0.484 e. The number of aromatic nitrogens is 1. The molecule has 0 aliphatic heterocycles. The second kappa shape index (κ2) is 6.39. The first kappa shape index (κ1) is 14.9. The van der Waals surface area contributed by atoms with Gasteiger partial charge < -0.3 is 14.5 Å². The SMILES string of the molecule is CCc1cccc(OCC(=O)Nc2cccc3oc(=O)[nH]c23)c1. The summed E-state index contributed by atoms with van der Waals surface area (Å²) in [6, 6.07) is 12.6. The first-order valence-electron chi connectivity index (χ1n) is 7.29. The number of carbonyl (C=O) groups excluding carboxylic acids is 1. The van der Waals surface area contributed by atoms with Crippen molar-refractivity contribution in [2.75, 3.05) is 11.9 Å². The molecule has 118 valence electrons. The molecule has 0 aliphatic carbocycles. The van der Waals surface area contributed by atoms with Crippen LogP contribution in [0.15, 0.2) is 51.7 Å². The van der Waals surface area contributed by atoms with Crippen LogP contribution in [0.4, 0.5) is 5.69 Å². The standard InChI is InChI=1S/C17H16N2O4/c1-2-11-5-3-6-12(9-11)22-10-15(20)18-13-7-4-8-14-16(13)19-17(21)23-14/h3-9H,2,10H2,1H3,(H,18,20)(H,19,21). The number of rotatable bonds is 5. The fourth-order valence-corrected chi connectivity index (χ4v) is 2.27. The minimum absolute atomic E-state index is 0.119. The highest BCUT2D eigenvalue weighted by molar-refractivity contribution is 5.99. The van der Waals surface area contributed by atoms with Gasteiger partial charge in [0.25, 0.3) is 5.91 Å². The number of para-hydroxylation sites is 1. The third-order valence-corrected chi connectivity index (χ3v) is 3.41. The van der Waals surface area contributed by atoms with Gasteiger partial charge in [-0.15, -0.1) is 0 Å². The van der Waals surface area contributed by atoms with Crippen LogP contribution in [0.1, 0.15) is 12.5 Å². The quantitative estimate of drug-likeness (QED) is 0.758. The van der Waals surface area contributed by atoms with E-state index < -0.39 is 5.76 Å². The zero-order valence-corrected chi connectivity index (χ0v) is 12.6. The highest BCUT2D eigenvalue weighted by Gasteiger charge is 2.10. The van der Waals surface area contributed by atoms with Crippen molar-refractivity contribution in [2.45, 2.75) is 13.3 Å². The normalized spacial score (nSPS) is 10.7. The van der Waals surface area contributed by atoms with Gasteiger partial charge in [-0.1, -0.05) is 25.1 Å². The van der Waals surface area contributed by atoms with Gasteiger partial charge in [-0.05, 0) is 36.2 Å². The molecule has 0 bridgehead atoms. The van der Waals surface area contributed by atoms with Crippen LogP contribution in [0.25, 0.3) is 11.1 Å². The van der Waals surface area contributed by atoms with Crippen LogP contribution in [-0.4, -0.2) is 17.5 Å². The lowest BCUT2D eigenvalue weighted by molar-refractivity contribution is -0.118. The topological polar surface area (TPSA) is 84.3 Å². The van der Waals surface area contributed by atoms with Gasteiger partial charge in [-0.2, -0.15) is 0 Å². The Morgan fingerprint density at radius 3 is 2.91 bits per heavy atom. The summed E-state index contributed by atoms with van der Waals surface area (Å²) in [6.45, 7) is 1.93. The lowest BCUT2D eigenvalue weighted by Crippen LogP contribution is -2.20. The van der Waals surface area contributed by atoms with Gasteiger partial charge in [0.2, 0.25) is 0 Å². The van der Waals surface area contributed by atoms with E-state index in [0.717, 1.165) is 12.0 Å². The average Bonchev–Trinajstić information content (AvgIpc) is 2.94. The Balaban J connectivity index is 1.67. The molecular formula is C17H16N2O4. The van der Waals surface area contributed by atoms with Crippen LogP contribution in [0.2, 0.25) is 0 Å². The number of aromatic amines is 1. The van der Waals surface area contributed by atoms with Crippen LogP contribution >= 0.6 is 0 Å². The first-order chi connectivity index (χ1) is 11.2. The Morgan fingerprint density at radius 1 is 1.26 bits per heavy atom. The van der Waals surface area contributed by atoms with Crippen molar-refractivity contribution in [1.82, 2.24) is 4.98 Å². The van der Waals surface area contributed by atoms with Gasteiger partial charge in [0.05, 0.1) is 5.69 Å². The summed E-state index contributed by atoms with van der Waals surface area (Å²) >= 11 is 0. The number of nitrogens with one attached hydrogen (secondary N) is 2. The molecule has 0 fully saturated rings. The Labute approximate surface area is 132 Å². The molecule has 23 heavy (non-hydrogen) atoms. The molecule has 2 aromatic carbocycles. The van der Waals surface area contributed by atoms with E-state index in [1.165, 1.54) is 0 Å². The number of H-pyrrole nitrogens is 1. The number of amides is 1. The number of hydrogen-bond acceptors (Lipinski definition) is 4. The monoisotopic (exact) mass is 312 g/mol. The molecule has 6 heteroatoms. The molecule has 3 aromatic rings. The molecule has 0 unspecified atom stereocenters. The van der Waals surface area contributed by atoms with Gasteiger partial charge in [0.1, 0.15) is 11.3 Å². The number of anilines is 1. The highest BCUT2D eigenvalue weighted by Crippen LogP contribution is 2.20. The maximum absolute atomic E-state index is 12.0.